The van der Waals surface area contributed by atoms with Gasteiger partial charge in [0, 0.05) is 11.5 Å². The van der Waals surface area contributed by atoms with Crippen LogP contribution in [0.2, 0.25) is 0 Å². The molecule has 26 heavy (non-hydrogen) atoms. The highest BCUT2D eigenvalue weighted by atomic mass is 16.7. The molecular formula is C24H30O2. The first-order chi connectivity index (χ1) is 12.4. The number of fused-ring (bicyclic) bond motifs is 2. The van der Waals surface area contributed by atoms with Crippen molar-refractivity contribution in [3.63, 3.8) is 0 Å². The molecule has 2 heteroatoms. The predicted molar refractivity (Wildman–Crippen MR) is 105 cm³/mol. The Morgan fingerprint density at radius 2 is 1.69 bits per heavy atom. The van der Waals surface area contributed by atoms with E-state index in [1.165, 1.54) is 35.1 Å². The van der Waals surface area contributed by atoms with Crippen molar-refractivity contribution in [2.24, 2.45) is 17.3 Å². The highest BCUT2D eigenvalue weighted by molar-refractivity contribution is 5.39. The van der Waals surface area contributed by atoms with Crippen molar-refractivity contribution in [2.75, 3.05) is 0 Å². The van der Waals surface area contributed by atoms with E-state index in [2.05, 4.69) is 70.2 Å². The van der Waals surface area contributed by atoms with E-state index in [4.69, 9.17) is 9.47 Å². The molecule has 1 heterocycles. The van der Waals surface area contributed by atoms with Crippen molar-refractivity contribution < 1.29 is 9.47 Å². The van der Waals surface area contributed by atoms with Crippen LogP contribution in [0.1, 0.15) is 49.9 Å². The van der Waals surface area contributed by atoms with Crippen LogP contribution in [0.25, 0.3) is 0 Å². The van der Waals surface area contributed by atoms with Crippen LogP contribution >= 0.6 is 0 Å². The Morgan fingerprint density at radius 1 is 1.00 bits per heavy atom. The molecule has 0 aromatic heterocycles. The smallest absolute Gasteiger partial charge is 0.202 e. The maximum Gasteiger partial charge on any atom is 0.202 e. The third kappa shape index (κ3) is 3.40. The van der Waals surface area contributed by atoms with Gasteiger partial charge in [-0.1, -0.05) is 58.0 Å². The number of hydrogen-bond donors (Lipinski definition) is 0. The molecule has 0 bridgehead atoms. The Bertz CT molecular complexity index is 766. The first-order valence-electron chi connectivity index (χ1n) is 9.89. The highest BCUT2D eigenvalue weighted by Gasteiger charge is 2.34. The SMILES string of the molecule is CC(C)C1OCc2cc(CC(C)(C)C3Cc4ccccc4C3)ccc2O1. The zero-order valence-corrected chi connectivity index (χ0v) is 16.4. The van der Waals surface area contributed by atoms with Crippen LogP contribution in [0.15, 0.2) is 42.5 Å². The van der Waals surface area contributed by atoms with E-state index < -0.39 is 0 Å². The van der Waals surface area contributed by atoms with Gasteiger partial charge in [0.05, 0.1) is 6.61 Å². The fraction of sp³-hybridized carbons (Fsp3) is 0.500. The van der Waals surface area contributed by atoms with Crippen LogP contribution in [0.3, 0.4) is 0 Å². The topological polar surface area (TPSA) is 18.5 Å². The lowest BCUT2D eigenvalue weighted by molar-refractivity contribution is -0.132. The van der Waals surface area contributed by atoms with Gasteiger partial charge in [-0.15, -0.1) is 0 Å². The molecule has 2 aliphatic rings. The summed E-state index contributed by atoms with van der Waals surface area (Å²) < 4.78 is 11.9. The lowest BCUT2D eigenvalue weighted by Gasteiger charge is -2.33. The lowest BCUT2D eigenvalue weighted by Crippen LogP contribution is -2.30. The van der Waals surface area contributed by atoms with Gasteiger partial charge in [-0.3, -0.25) is 0 Å². The maximum absolute atomic E-state index is 6.00. The molecule has 1 aliphatic heterocycles. The number of rotatable bonds is 4. The predicted octanol–water partition coefficient (Wildman–Crippen LogP) is 5.56. The molecule has 4 rings (SSSR count). The molecule has 2 nitrogen and oxygen atoms in total. The zero-order valence-electron chi connectivity index (χ0n) is 16.4. The average Bonchev–Trinajstić information content (AvgIpc) is 3.06. The van der Waals surface area contributed by atoms with E-state index in [-0.39, 0.29) is 11.7 Å². The summed E-state index contributed by atoms with van der Waals surface area (Å²) in [5, 5.41) is 0. The average molecular weight is 351 g/mol. The summed E-state index contributed by atoms with van der Waals surface area (Å²) >= 11 is 0. The van der Waals surface area contributed by atoms with Crippen LogP contribution < -0.4 is 4.74 Å². The minimum absolute atomic E-state index is 0.123. The van der Waals surface area contributed by atoms with Gasteiger partial charge in [0.1, 0.15) is 5.75 Å². The third-order valence-corrected chi connectivity index (χ3v) is 6.13. The molecule has 0 saturated heterocycles. The van der Waals surface area contributed by atoms with E-state index in [9.17, 15) is 0 Å². The zero-order chi connectivity index (χ0) is 18.3. The summed E-state index contributed by atoms with van der Waals surface area (Å²) in [6, 6.07) is 15.6. The first kappa shape index (κ1) is 17.6. The summed E-state index contributed by atoms with van der Waals surface area (Å²) in [6.07, 6.45) is 3.38. The van der Waals surface area contributed by atoms with E-state index in [1.807, 2.05) is 0 Å². The van der Waals surface area contributed by atoms with E-state index in [0.717, 1.165) is 12.2 Å². The molecule has 0 fully saturated rings. The Balaban J connectivity index is 1.48. The minimum Gasteiger partial charge on any atom is -0.464 e. The van der Waals surface area contributed by atoms with Crippen molar-refractivity contribution in [3.8, 4) is 5.75 Å². The molecule has 0 saturated carbocycles. The van der Waals surface area contributed by atoms with Crippen molar-refractivity contribution in [1.82, 2.24) is 0 Å². The van der Waals surface area contributed by atoms with Gasteiger partial charge < -0.3 is 9.47 Å². The van der Waals surface area contributed by atoms with Gasteiger partial charge in [-0.05, 0) is 59.4 Å². The fourth-order valence-corrected chi connectivity index (χ4v) is 4.41. The van der Waals surface area contributed by atoms with Gasteiger partial charge in [0.2, 0.25) is 6.29 Å². The summed E-state index contributed by atoms with van der Waals surface area (Å²) in [5.41, 5.74) is 5.92. The molecule has 2 aromatic rings. The second-order valence-corrected chi connectivity index (χ2v) is 9.02. The van der Waals surface area contributed by atoms with Gasteiger partial charge in [-0.2, -0.15) is 0 Å². The Morgan fingerprint density at radius 3 is 2.35 bits per heavy atom. The third-order valence-electron chi connectivity index (χ3n) is 6.13. The number of ether oxygens (including phenoxy) is 2. The first-order valence-corrected chi connectivity index (χ1v) is 9.89. The van der Waals surface area contributed by atoms with E-state index >= 15 is 0 Å². The molecule has 1 aliphatic carbocycles. The highest BCUT2D eigenvalue weighted by Crippen LogP contribution is 2.41. The second kappa shape index (κ2) is 6.74. The van der Waals surface area contributed by atoms with Crippen LogP contribution in [0, 0.1) is 17.3 Å². The summed E-state index contributed by atoms with van der Waals surface area (Å²) in [7, 11) is 0. The van der Waals surface area contributed by atoms with Gasteiger partial charge in [0.25, 0.3) is 0 Å². The van der Waals surface area contributed by atoms with Gasteiger partial charge >= 0.3 is 0 Å². The van der Waals surface area contributed by atoms with Crippen LogP contribution in [-0.2, 0) is 30.6 Å². The quantitative estimate of drug-likeness (QED) is 0.718. The molecular weight excluding hydrogens is 320 g/mol. The van der Waals surface area contributed by atoms with E-state index in [1.54, 1.807) is 0 Å². The summed E-state index contributed by atoms with van der Waals surface area (Å²) in [4.78, 5) is 0. The lowest BCUT2D eigenvalue weighted by atomic mass is 9.73. The van der Waals surface area contributed by atoms with Crippen molar-refractivity contribution in [1.29, 1.82) is 0 Å². The molecule has 0 N–H and O–H groups in total. The molecule has 0 amide bonds. The van der Waals surface area contributed by atoms with Crippen LogP contribution in [0.5, 0.6) is 5.75 Å². The molecule has 2 aromatic carbocycles. The monoisotopic (exact) mass is 350 g/mol. The molecule has 138 valence electrons. The molecule has 1 unspecified atom stereocenters. The van der Waals surface area contributed by atoms with Gasteiger partial charge in [0.15, 0.2) is 0 Å². The Labute approximate surface area is 157 Å². The largest absolute Gasteiger partial charge is 0.464 e. The van der Waals surface area contributed by atoms with Crippen molar-refractivity contribution >= 4 is 0 Å². The van der Waals surface area contributed by atoms with Crippen molar-refractivity contribution in [2.45, 2.75) is 59.9 Å². The van der Waals surface area contributed by atoms with Gasteiger partial charge in [-0.25, -0.2) is 0 Å². The van der Waals surface area contributed by atoms with E-state index in [0.29, 0.717) is 18.4 Å². The molecule has 0 spiro atoms. The number of hydrogen-bond acceptors (Lipinski definition) is 2. The van der Waals surface area contributed by atoms with Crippen LogP contribution in [-0.4, -0.2) is 6.29 Å². The van der Waals surface area contributed by atoms with Crippen LogP contribution in [0.4, 0.5) is 0 Å². The summed E-state index contributed by atoms with van der Waals surface area (Å²) in [5.74, 6) is 2.06. The molecule has 1 atom stereocenters. The number of benzene rings is 2. The molecule has 0 radical (unpaired) electrons. The standard InChI is InChI=1S/C24H30O2/c1-16(2)23-25-15-20-11-17(9-10-22(20)26-23)14-24(3,4)21-12-18-7-5-6-8-19(18)13-21/h5-11,16,21,23H,12-15H2,1-4H3. The maximum atomic E-state index is 6.00. The second-order valence-electron chi connectivity index (χ2n) is 9.02. The van der Waals surface area contributed by atoms with Crippen molar-refractivity contribution in [3.05, 3.63) is 64.7 Å². The minimum atomic E-state index is -0.123. The Kier molecular flexibility index (Phi) is 4.56. The Hall–Kier alpha value is -1.80. The fourth-order valence-electron chi connectivity index (χ4n) is 4.41. The summed E-state index contributed by atoms with van der Waals surface area (Å²) in [6.45, 7) is 9.76. The normalized spacial score (nSPS) is 20.0.